The molecule has 1 aliphatic rings. The lowest BCUT2D eigenvalue weighted by atomic mass is 10.1. The molecule has 1 atom stereocenters. The Labute approximate surface area is 153 Å². The summed E-state index contributed by atoms with van der Waals surface area (Å²) < 4.78 is 6.95. The van der Waals surface area contributed by atoms with E-state index in [9.17, 15) is 9.59 Å². The maximum Gasteiger partial charge on any atom is 0.254 e. The van der Waals surface area contributed by atoms with Crippen LogP contribution in [0.4, 0.5) is 0 Å². The molecule has 7 heteroatoms. The van der Waals surface area contributed by atoms with Crippen LogP contribution < -0.4 is 4.74 Å². The van der Waals surface area contributed by atoms with Crippen LogP contribution in [0.1, 0.15) is 17.3 Å². The third-order valence-electron chi connectivity index (χ3n) is 4.64. The van der Waals surface area contributed by atoms with Crippen LogP contribution in [0.2, 0.25) is 0 Å². The number of aromatic nitrogens is 2. The monoisotopic (exact) mass is 356 g/mol. The first kappa shape index (κ1) is 18.0. The zero-order valence-corrected chi connectivity index (χ0v) is 15.2. The number of ether oxygens (including phenoxy) is 1. The molecule has 0 N–H and O–H groups in total. The average molecular weight is 356 g/mol. The molecule has 0 aliphatic carbocycles. The highest BCUT2D eigenvalue weighted by Gasteiger charge is 2.27. The van der Waals surface area contributed by atoms with E-state index in [1.807, 2.05) is 36.2 Å². The second kappa shape index (κ2) is 8.03. The van der Waals surface area contributed by atoms with Gasteiger partial charge in [-0.3, -0.25) is 14.3 Å². The molecule has 1 aromatic carbocycles. The van der Waals surface area contributed by atoms with E-state index >= 15 is 0 Å². The number of carbonyl (C=O) groups excluding carboxylic acids is 2. The largest absolute Gasteiger partial charge is 0.497 e. The van der Waals surface area contributed by atoms with Gasteiger partial charge in [0.1, 0.15) is 5.75 Å². The van der Waals surface area contributed by atoms with Gasteiger partial charge in [0.25, 0.3) is 5.91 Å². The molecule has 0 saturated carbocycles. The van der Waals surface area contributed by atoms with Crippen LogP contribution in [-0.2, 0) is 11.3 Å². The van der Waals surface area contributed by atoms with E-state index in [-0.39, 0.29) is 17.7 Å². The van der Waals surface area contributed by atoms with Gasteiger partial charge in [-0.2, -0.15) is 5.10 Å². The highest BCUT2D eigenvalue weighted by Crippen LogP contribution is 2.16. The zero-order valence-electron chi connectivity index (χ0n) is 15.2. The highest BCUT2D eigenvalue weighted by atomic mass is 16.5. The van der Waals surface area contributed by atoms with Crippen LogP contribution in [0, 0.1) is 5.92 Å². The van der Waals surface area contributed by atoms with Crippen LogP contribution >= 0.6 is 0 Å². The van der Waals surface area contributed by atoms with Gasteiger partial charge in [0.05, 0.1) is 19.6 Å². The maximum absolute atomic E-state index is 12.6. The minimum Gasteiger partial charge on any atom is -0.497 e. The van der Waals surface area contributed by atoms with Gasteiger partial charge in [0, 0.05) is 44.1 Å². The first-order valence-corrected chi connectivity index (χ1v) is 8.78. The number of hydrogen-bond acceptors (Lipinski definition) is 4. The van der Waals surface area contributed by atoms with E-state index in [0.29, 0.717) is 44.0 Å². The third-order valence-corrected chi connectivity index (χ3v) is 4.64. The second-order valence-corrected chi connectivity index (χ2v) is 6.48. The number of rotatable bonds is 5. The summed E-state index contributed by atoms with van der Waals surface area (Å²) in [5.74, 6) is 0.599. The van der Waals surface area contributed by atoms with E-state index in [1.54, 1.807) is 35.0 Å². The molecule has 0 bridgehead atoms. The van der Waals surface area contributed by atoms with E-state index < -0.39 is 0 Å². The maximum atomic E-state index is 12.6. The van der Waals surface area contributed by atoms with Gasteiger partial charge in [-0.1, -0.05) is 13.0 Å². The van der Waals surface area contributed by atoms with E-state index in [0.717, 1.165) is 0 Å². The van der Waals surface area contributed by atoms with Crippen LogP contribution in [0.3, 0.4) is 0 Å². The number of hydrogen-bond donors (Lipinski definition) is 0. The van der Waals surface area contributed by atoms with E-state index in [4.69, 9.17) is 4.74 Å². The average Bonchev–Trinajstić information content (AvgIpc) is 3.20. The Hall–Kier alpha value is -2.83. The van der Waals surface area contributed by atoms with Crippen LogP contribution in [0.5, 0.6) is 5.75 Å². The molecule has 1 aromatic heterocycles. The fraction of sp³-hybridized carbons (Fsp3) is 0.421. The smallest absolute Gasteiger partial charge is 0.254 e. The van der Waals surface area contributed by atoms with Gasteiger partial charge in [-0.05, 0) is 24.3 Å². The molecular weight excluding hydrogens is 332 g/mol. The Balaban J connectivity index is 1.54. The molecular formula is C19H24N4O3. The number of benzene rings is 1. The molecule has 0 unspecified atom stereocenters. The number of carbonyl (C=O) groups is 2. The molecule has 3 rings (SSSR count). The quantitative estimate of drug-likeness (QED) is 0.814. The molecule has 1 fully saturated rings. The van der Waals surface area contributed by atoms with Gasteiger partial charge in [0.15, 0.2) is 0 Å². The standard InChI is InChI=1S/C19H24N4O3/c1-15(14-23-8-4-7-20-23)18(24)21-9-11-22(12-10-21)19(25)16-5-3-6-17(13-16)26-2/h3-8,13,15H,9-12,14H2,1-2H3/t15-/m0/s1. The third kappa shape index (κ3) is 4.04. The Morgan fingerprint density at radius 1 is 1.15 bits per heavy atom. The number of piperazine rings is 1. The summed E-state index contributed by atoms with van der Waals surface area (Å²) >= 11 is 0. The lowest BCUT2D eigenvalue weighted by Gasteiger charge is -2.36. The molecule has 0 spiro atoms. The number of methoxy groups -OCH3 is 1. The first-order chi connectivity index (χ1) is 12.6. The minimum absolute atomic E-state index is 0.0272. The van der Waals surface area contributed by atoms with Crippen LogP contribution in [0.15, 0.2) is 42.7 Å². The van der Waals surface area contributed by atoms with Crippen molar-refractivity contribution in [2.24, 2.45) is 5.92 Å². The van der Waals surface area contributed by atoms with Crippen molar-refractivity contribution in [3.8, 4) is 5.75 Å². The van der Waals surface area contributed by atoms with Crippen molar-refractivity contribution in [3.05, 3.63) is 48.3 Å². The molecule has 2 amide bonds. The molecule has 2 heterocycles. The SMILES string of the molecule is COc1cccc(C(=O)N2CCN(C(=O)[C@@H](C)Cn3cccn3)CC2)c1. The molecule has 7 nitrogen and oxygen atoms in total. The van der Waals surface area contributed by atoms with Crippen molar-refractivity contribution < 1.29 is 14.3 Å². The van der Waals surface area contributed by atoms with Gasteiger partial charge in [0.2, 0.25) is 5.91 Å². The molecule has 138 valence electrons. The fourth-order valence-electron chi connectivity index (χ4n) is 3.15. The highest BCUT2D eigenvalue weighted by molar-refractivity contribution is 5.94. The molecule has 1 saturated heterocycles. The molecule has 0 radical (unpaired) electrons. The summed E-state index contributed by atoms with van der Waals surface area (Å²) in [6, 6.07) is 9.00. The summed E-state index contributed by atoms with van der Waals surface area (Å²) in [5.41, 5.74) is 0.608. The predicted octanol–water partition coefficient (Wildman–Crippen LogP) is 1.51. The first-order valence-electron chi connectivity index (χ1n) is 8.78. The van der Waals surface area contributed by atoms with Gasteiger partial charge >= 0.3 is 0 Å². The lowest BCUT2D eigenvalue weighted by Crippen LogP contribution is -2.52. The van der Waals surface area contributed by atoms with Crippen molar-refractivity contribution in [2.75, 3.05) is 33.3 Å². The molecule has 1 aliphatic heterocycles. The predicted molar refractivity (Wildman–Crippen MR) is 96.9 cm³/mol. The van der Waals surface area contributed by atoms with Gasteiger partial charge in [-0.15, -0.1) is 0 Å². The van der Waals surface area contributed by atoms with Crippen LogP contribution in [0.25, 0.3) is 0 Å². The normalized spacial score (nSPS) is 15.6. The van der Waals surface area contributed by atoms with E-state index in [2.05, 4.69) is 5.10 Å². The summed E-state index contributed by atoms with van der Waals surface area (Å²) in [7, 11) is 1.58. The summed E-state index contributed by atoms with van der Waals surface area (Å²) in [5, 5.41) is 4.15. The van der Waals surface area contributed by atoms with Gasteiger partial charge < -0.3 is 14.5 Å². The topological polar surface area (TPSA) is 67.7 Å². The Kier molecular flexibility index (Phi) is 5.55. The van der Waals surface area contributed by atoms with Crippen molar-refractivity contribution in [3.63, 3.8) is 0 Å². The fourth-order valence-corrected chi connectivity index (χ4v) is 3.15. The Bertz CT molecular complexity index is 752. The summed E-state index contributed by atoms with van der Waals surface area (Å²) in [4.78, 5) is 28.9. The van der Waals surface area contributed by atoms with Crippen molar-refractivity contribution >= 4 is 11.8 Å². The molecule has 26 heavy (non-hydrogen) atoms. The summed E-state index contributed by atoms with van der Waals surface area (Å²) in [6.07, 6.45) is 3.56. The van der Waals surface area contributed by atoms with Crippen LogP contribution in [-0.4, -0.2) is 64.7 Å². The second-order valence-electron chi connectivity index (χ2n) is 6.48. The summed E-state index contributed by atoms with van der Waals surface area (Å²) in [6.45, 7) is 4.66. The van der Waals surface area contributed by atoms with Crippen molar-refractivity contribution in [1.29, 1.82) is 0 Å². The zero-order chi connectivity index (χ0) is 18.5. The number of nitrogens with zero attached hydrogens (tertiary/aromatic N) is 4. The van der Waals surface area contributed by atoms with Gasteiger partial charge in [-0.25, -0.2) is 0 Å². The van der Waals surface area contributed by atoms with Crippen molar-refractivity contribution in [1.82, 2.24) is 19.6 Å². The minimum atomic E-state index is -0.143. The Morgan fingerprint density at radius 3 is 2.54 bits per heavy atom. The molecule has 2 aromatic rings. The lowest BCUT2D eigenvalue weighted by molar-refractivity contribution is -0.137. The van der Waals surface area contributed by atoms with E-state index in [1.165, 1.54) is 0 Å². The number of amides is 2. The Morgan fingerprint density at radius 2 is 1.88 bits per heavy atom. The van der Waals surface area contributed by atoms with Crippen molar-refractivity contribution in [2.45, 2.75) is 13.5 Å².